The Morgan fingerprint density at radius 3 is 2.63 bits per heavy atom. The first kappa shape index (κ1) is 20.6. The maximum atomic E-state index is 13.3. The van der Waals surface area contributed by atoms with Gasteiger partial charge in [-0.25, -0.2) is 4.98 Å². The molecule has 0 atom stereocenters. The number of rotatable bonds is 5. The summed E-state index contributed by atoms with van der Waals surface area (Å²) in [5.74, 6) is -0.175. The molecule has 0 bridgehead atoms. The van der Waals surface area contributed by atoms with Crippen LogP contribution in [0.5, 0.6) is 0 Å². The van der Waals surface area contributed by atoms with Crippen LogP contribution in [0, 0.1) is 6.92 Å². The molecule has 0 saturated heterocycles. The van der Waals surface area contributed by atoms with Crippen LogP contribution in [0.15, 0.2) is 34.8 Å². The monoisotopic (exact) mass is 485 g/mol. The van der Waals surface area contributed by atoms with Gasteiger partial charge in [-0.3, -0.25) is 9.69 Å². The van der Waals surface area contributed by atoms with E-state index in [0.717, 1.165) is 20.3 Å². The van der Waals surface area contributed by atoms with Crippen LogP contribution in [0.2, 0.25) is 10.0 Å². The Morgan fingerprint density at radius 1 is 1.19 bits per heavy atom. The minimum absolute atomic E-state index is 0.175. The van der Waals surface area contributed by atoms with Crippen LogP contribution < -0.4 is 4.90 Å². The predicted octanol–water partition coefficient (Wildman–Crippen LogP) is 5.88. The molecule has 1 amide bonds. The van der Waals surface area contributed by atoms with Crippen molar-refractivity contribution in [2.45, 2.75) is 6.92 Å². The second-order valence-corrected chi connectivity index (χ2v) is 9.22. The first-order chi connectivity index (χ1) is 12.8. The lowest BCUT2D eigenvalue weighted by atomic mass is 10.2. The standard InChI is InChI=1S/C19H18BrCl2N3OS/c1-11-8-13(21)10-16-17(11)23-19(27-16)25(7-6-24(2)3)18(26)14-9-12(20)4-5-15(14)22/h4-5,8-10H,6-7H2,1-3H3. The number of fused-ring (bicyclic) bond motifs is 1. The number of carbonyl (C=O) groups excluding carboxylic acids is 1. The van der Waals surface area contributed by atoms with Gasteiger partial charge in [-0.2, -0.15) is 0 Å². The number of aromatic nitrogens is 1. The summed E-state index contributed by atoms with van der Waals surface area (Å²) in [7, 11) is 3.94. The summed E-state index contributed by atoms with van der Waals surface area (Å²) in [4.78, 5) is 21.7. The lowest BCUT2D eigenvalue weighted by molar-refractivity contribution is 0.0985. The highest BCUT2D eigenvalue weighted by Crippen LogP contribution is 2.34. The number of likely N-dealkylation sites (N-methyl/N-ethyl adjacent to an activating group) is 1. The van der Waals surface area contributed by atoms with E-state index in [1.807, 2.05) is 44.1 Å². The fourth-order valence-electron chi connectivity index (χ4n) is 2.65. The lowest BCUT2D eigenvalue weighted by Crippen LogP contribution is -2.36. The molecule has 0 aliphatic rings. The fourth-order valence-corrected chi connectivity index (χ4v) is 4.65. The highest BCUT2D eigenvalue weighted by Gasteiger charge is 2.24. The Hall–Kier alpha value is -1.18. The predicted molar refractivity (Wildman–Crippen MR) is 119 cm³/mol. The van der Waals surface area contributed by atoms with E-state index in [1.54, 1.807) is 17.0 Å². The van der Waals surface area contributed by atoms with Gasteiger partial charge in [0, 0.05) is 22.6 Å². The van der Waals surface area contributed by atoms with Gasteiger partial charge >= 0.3 is 0 Å². The van der Waals surface area contributed by atoms with Gasteiger partial charge in [0.25, 0.3) is 5.91 Å². The van der Waals surface area contributed by atoms with Crippen LogP contribution in [-0.2, 0) is 0 Å². The highest BCUT2D eigenvalue weighted by molar-refractivity contribution is 9.10. The van der Waals surface area contributed by atoms with Crippen LogP contribution in [0.1, 0.15) is 15.9 Å². The number of carbonyl (C=O) groups is 1. The van der Waals surface area contributed by atoms with Crippen molar-refractivity contribution in [3.63, 3.8) is 0 Å². The van der Waals surface area contributed by atoms with Crippen LogP contribution in [0.3, 0.4) is 0 Å². The Labute approximate surface area is 180 Å². The van der Waals surface area contributed by atoms with Gasteiger partial charge in [-0.1, -0.05) is 50.5 Å². The molecule has 0 spiro atoms. The number of hydrogen-bond acceptors (Lipinski definition) is 4. The third kappa shape index (κ3) is 4.63. The van der Waals surface area contributed by atoms with Crippen molar-refractivity contribution in [1.29, 1.82) is 0 Å². The minimum atomic E-state index is -0.175. The van der Waals surface area contributed by atoms with Crippen molar-refractivity contribution in [2.75, 3.05) is 32.1 Å². The topological polar surface area (TPSA) is 36.4 Å². The van der Waals surface area contributed by atoms with Crippen LogP contribution >= 0.6 is 50.5 Å². The first-order valence-electron chi connectivity index (χ1n) is 8.24. The minimum Gasteiger partial charge on any atom is -0.308 e. The summed E-state index contributed by atoms with van der Waals surface area (Å²) < 4.78 is 1.76. The lowest BCUT2D eigenvalue weighted by Gasteiger charge is -2.22. The number of halogens is 3. The Kier molecular flexibility index (Phi) is 6.43. The molecule has 2 aromatic carbocycles. The van der Waals surface area contributed by atoms with Crippen molar-refractivity contribution in [2.24, 2.45) is 0 Å². The maximum absolute atomic E-state index is 13.3. The van der Waals surface area contributed by atoms with Crippen LogP contribution in [0.25, 0.3) is 10.2 Å². The number of amides is 1. The highest BCUT2D eigenvalue weighted by atomic mass is 79.9. The van der Waals surface area contributed by atoms with Crippen LogP contribution in [0.4, 0.5) is 5.13 Å². The number of anilines is 1. The number of thiazole rings is 1. The molecule has 0 saturated carbocycles. The molecule has 0 radical (unpaired) electrons. The number of hydrogen-bond donors (Lipinski definition) is 0. The summed E-state index contributed by atoms with van der Waals surface area (Å²) in [6.45, 7) is 3.17. The normalized spacial score (nSPS) is 11.4. The molecular formula is C19H18BrCl2N3OS. The van der Waals surface area contributed by atoms with Gasteiger partial charge in [-0.05, 0) is 56.9 Å². The zero-order valence-corrected chi connectivity index (χ0v) is 19.0. The molecule has 142 valence electrons. The Bertz CT molecular complexity index is 1010. The van der Waals surface area contributed by atoms with E-state index in [0.29, 0.717) is 33.8 Å². The molecule has 8 heteroatoms. The van der Waals surface area contributed by atoms with Crippen molar-refractivity contribution in [1.82, 2.24) is 9.88 Å². The van der Waals surface area contributed by atoms with E-state index in [9.17, 15) is 4.79 Å². The molecule has 27 heavy (non-hydrogen) atoms. The van der Waals surface area contributed by atoms with Crippen molar-refractivity contribution < 1.29 is 4.79 Å². The first-order valence-corrected chi connectivity index (χ1v) is 10.6. The van der Waals surface area contributed by atoms with Gasteiger partial charge in [0.15, 0.2) is 5.13 Å². The van der Waals surface area contributed by atoms with E-state index in [2.05, 4.69) is 15.9 Å². The molecule has 3 aromatic rings. The van der Waals surface area contributed by atoms with Gasteiger partial charge in [0.2, 0.25) is 0 Å². The Balaban J connectivity index is 2.07. The Morgan fingerprint density at radius 2 is 1.93 bits per heavy atom. The molecular weight excluding hydrogens is 469 g/mol. The largest absolute Gasteiger partial charge is 0.308 e. The van der Waals surface area contributed by atoms with Gasteiger partial charge in [0.1, 0.15) is 0 Å². The summed E-state index contributed by atoms with van der Waals surface area (Å²) in [5, 5.41) is 1.72. The van der Waals surface area contributed by atoms with E-state index in [1.165, 1.54) is 11.3 Å². The van der Waals surface area contributed by atoms with E-state index in [4.69, 9.17) is 28.2 Å². The number of benzene rings is 2. The molecule has 1 aromatic heterocycles. The molecule has 0 aliphatic carbocycles. The second kappa shape index (κ2) is 8.45. The van der Waals surface area contributed by atoms with Crippen molar-refractivity contribution in [3.05, 3.63) is 56.0 Å². The van der Waals surface area contributed by atoms with E-state index >= 15 is 0 Å². The molecule has 0 aliphatic heterocycles. The van der Waals surface area contributed by atoms with Gasteiger partial charge in [0.05, 0.1) is 20.8 Å². The fraction of sp³-hybridized carbons (Fsp3) is 0.263. The van der Waals surface area contributed by atoms with E-state index < -0.39 is 0 Å². The van der Waals surface area contributed by atoms with Gasteiger partial charge < -0.3 is 4.90 Å². The molecule has 0 N–H and O–H groups in total. The molecule has 0 fully saturated rings. The summed E-state index contributed by atoms with van der Waals surface area (Å²) in [6, 6.07) is 9.02. The zero-order chi connectivity index (χ0) is 19.7. The number of nitrogens with zero attached hydrogens (tertiary/aromatic N) is 3. The number of aryl methyl sites for hydroxylation is 1. The SMILES string of the molecule is Cc1cc(Cl)cc2sc(N(CCN(C)C)C(=O)c3cc(Br)ccc3Cl)nc12. The quantitative estimate of drug-likeness (QED) is 0.451. The summed E-state index contributed by atoms with van der Waals surface area (Å²) in [5.41, 5.74) is 2.29. The molecule has 3 rings (SSSR count). The third-order valence-electron chi connectivity index (χ3n) is 4.04. The molecule has 4 nitrogen and oxygen atoms in total. The average Bonchev–Trinajstić information content (AvgIpc) is 3.00. The second-order valence-electron chi connectivity index (χ2n) is 6.45. The zero-order valence-electron chi connectivity index (χ0n) is 15.1. The van der Waals surface area contributed by atoms with Gasteiger partial charge in [-0.15, -0.1) is 0 Å². The maximum Gasteiger partial charge on any atom is 0.261 e. The van der Waals surface area contributed by atoms with Crippen LogP contribution in [-0.4, -0.2) is 43.0 Å². The van der Waals surface area contributed by atoms with Crippen molar-refractivity contribution in [3.8, 4) is 0 Å². The average molecular weight is 487 g/mol. The molecule has 0 unspecified atom stereocenters. The molecule has 1 heterocycles. The third-order valence-corrected chi connectivity index (χ3v) is 6.11. The van der Waals surface area contributed by atoms with E-state index in [-0.39, 0.29) is 5.91 Å². The summed E-state index contributed by atoms with van der Waals surface area (Å²) >= 11 is 17.3. The van der Waals surface area contributed by atoms with Crippen molar-refractivity contribution >= 4 is 71.7 Å². The smallest absolute Gasteiger partial charge is 0.261 e. The summed E-state index contributed by atoms with van der Waals surface area (Å²) in [6.07, 6.45) is 0.